The molecular weight excluding hydrogens is 272 g/mol. The van der Waals surface area contributed by atoms with Crippen molar-refractivity contribution < 1.29 is 18.7 Å². The molecule has 0 unspecified atom stereocenters. The number of hydrogen-bond acceptors (Lipinski definition) is 6. The van der Waals surface area contributed by atoms with Crippen LogP contribution in [0.25, 0.3) is 0 Å². The molecule has 1 heterocycles. The molecule has 1 aromatic carbocycles. The number of hydrogen-bond donors (Lipinski definition) is 0. The smallest absolute Gasteiger partial charge is 0.253 e. The lowest BCUT2D eigenvalue weighted by Crippen LogP contribution is -2.01. The maximum atomic E-state index is 11.0. The highest BCUT2D eigenvalue weighted by Gasteiger charge is 2.14. The molecule has 0 aliphatic rings. The molecule has 0 spiro atoms. The second-order valence-electron chi connectivity index (χ2n) is 3.65. The Hall–Kier alpha value is -2.08. The molecule has 6 nitrogen and oxygen atoms in total. The van der Waals surface area contributed by atoms with E-state index in [1.54, 1.807) is 13.0 Å². The zero-order valence-corrected chi connectivity index (χ0v) is 11.1. The highest BCUT2D eigenvalue weighted by atomic mass is 35.5. The average Bonchev–Trinajstić information content (AvgIpc) is 2.81. The van der Waals surface area contributed by atoms with Crippen LogP contribution in [0, 0.1) is 6.92 Å². The van der Waals surface area contributed by atoms with Gasteiger partial charge in [-0.25, -0.2) is 0 Å². The third-order valence-corrected chi connectivity index (χ3v) is 2.52. The Balaban J connectivity index is 2.25. The first-order chi connectivity index (χ1) is 9.13. The van der Waals surface area contributed by atoms with E-state index in [1.165, 1.54) is 13.2 Å². The third-order valence-electron chi connectivity index (χ3n) is 2.30. The van der Waals surface area contributed by atoms with E-state index in [-0.39, 0.29) is 12.4 Å². The second-order valence-corrected chi connectivity index (χ2v) is 4.08. The van der Waals surface area contributed by atoms with Crippen molar-refractivity contribution in [3.05, 3.63) is 34.5 Å². The molecular formula is C12H11ClN2O4. The molecule has 0 saturated carbocycles. The highest BCUT2D eigenvalue weighted by molar-refractivity contribution is 6.31. The monoisotopic (exact) mass is 282 g/mol. The first-order valence-electron chi connectivity index (χ1n) is 5.38. The number of methoxy groups -OCH3 is 1. The Labute approximate surface area is 114 Å². The maximum absolute atomic E-state index is 11.0. The largest absolute Gasteiger partial charge is 0.493 e. The normalized spacial score (nSPS) is 10.3. The van der Waals surface area contributed by atoms with Gasteiger partial charge in [0.05, 0.1) is 12.7 Å². The predicted molar refractivity (Wildman–Crippen MR) is 66.8 cm³/mol. The van der Waals surface area contributed by atoms with Crippen molar-refractivity contribution in [2.45, 2.75) is 13.5 Å². The Bertz CT molecular complexity index is 597. The molecule has 7 heteroatoms. The first kappa shape index (κ1) is 13.4. The van der Waals surface area contributed by atoms with E-state index in [0.29, 0.717) is 34.4 Å². The SMILES string of the molecule is COc1cc(Cl)cc(C=O)c1OCc1nnc(C)o1. The summed E-state index contributed by atoms with van der Waals surface area (Å²) in [5, 5.41) is 7.86. The molecule has 0 atom stereocenters. The van der Waals surface area contributed by atoms with Crippen LogP contribution in [0.1, 0.15) is 22.1 Å². The molecule has 0 aliphatic carbocycles. The number of benzene rings is 1. The van der Waals surface area contributed by atoms with Crippen LogP contribution in [0.3, 0.4) is 0 Å². The van der Waals surface area contributed by atoms with Crippen LogP contribution in [0.15, 0.2) is 16.5 Å². The summed E-state index contributed by atoms with van der Waals surface area (Å²) in [6.07, 6.45) is 0.642. The van der Waals surface area contributed by atoms with E-state index < -0.39 is 0 Å². The topological polar surface area (TPSA) is 74.5 Å². The lowest BCUT2D eigenvalue weighted by Gasteiger charge is -2.11. The molecule has 0 radical (unpaired) electrons. The van der Waals surface area contributed by atoms with Crippen LogP contribution in [-0.2, 0) is 6.61 Å². The maximum Gasteiger partial charge on any atom is 0.253 e. The van der Waals surface area contributed by atoms with Gasteiger partial charge in [0.1, 0.15) is 0 Å². The molecule has 0 saturated heterocycles. The summed E-state index contributed by atoms with van der Waals surface area (Å²) in [4.78, 5) is 11.0. The van der Waals surface area contributed by atoms with Gasteiger partial charge in [-0.2, -0.15) is 0 Å². The van der Waals surface area contributed by atoms with Gasteiger partial charge in [-0.05, 0) is 6.07 Å². The van der Waals surface area contributed by atoms with Gasteiger partial charge in [-0.1, -0.05) is 11.6 Å². The summed E-state index contributed by atoms with van der Waals surface area (Å²) in [6, 6.07) is 3.05. The van der Waals surface area contributed by atoms with Crippen LogP contribution < -0.4 is 9.47 Å². The fourth-order valence-electron chi connectivity index (χ4n) is 1.51. The van der Waals surface area contributed by atoms with Gasteiger partial charge in [0.2, 0.25) is 5.89 Å². The summed E-state index contributed by atoms with van der Waals surface area (Å²) in [5.41, 5.74) is 0.292. The van der Waals surface area contributed by atoms with Crippen molar-refractivity contribution in [2.75, 3.05) is 7.11 Å². The number of aromatic nitrogens is 2. The van der Waals surface area contributed by atoms with Gasteiger partial charge < -0.3 is 13.9 Å². The number of carbonyl (C=O) groups excluding carboxylic acids is 1. The van der Waals surface area contributed by atoms with E-state index >= 15 is 0 Å². The number of aryl methyl sites for hydroxylation is 1. The number of nitrogens with zero attached hydrogens (tertiary/aromatic N) is 2. The standard InChI is InChI=1S/C12H11ClN2O4/c1-7-14-15-11(19-7)6-18-12-8(5-16)3-9(13)4-10(12)17-2/h3-5H,6H2,1-2H3. The molecule has 2 rings (SSSR count). The molecule has 100 valence electrons. The Kier molecular flexibility index (Phi) is 4.01. The second kappa shape index (κ2) is 5.71. The van der Waals surface area contributed by atoms with Gasteiger partial charge in [0, 0.05) is 18.0 Å². The molecule has 19 heavy (non-hydrogen) atoms. The van der Waals surface area contributed by atoms with Gasteiger partial charge in [-0.15, -0.1) is 10.2 Å². The van der Waals surface area contributed by atoms with E-state index in [4.69, 9.17) is 25.5 Å². The van der Waals surface area contributed by atoms with Crippen LogP contribution in [0.2, 0.25) is 5.02 Å². The van der Waals surface area contributed by atoms with E-state index in [1.807, 2.05) is 0 Å². The quantitative estimate of drug-likeness (QED) is 0.784. The summed E-state index contributed by atoms with van der Waals surface area (Å²) in [7, 11) is 1.46. The molecule has 0 fully saturated rings. The van der Waals surface area contributed by atoms with Crippen molar-refractivity contribution in [3.8, 4) is 11.5 Å². The summed E-state index contributed by atoms with van der Waals surface area (Å²) in [5.74, 6) is 1.41. The lowest BCUT2D eigenvalue weighted by molar-refractivity contribution is 0.111. The number of carbonyl (C=O) groups is 1. The van der Waals surface area contributed by atoms with Crippen LogP contribution in [-0.4, -0.2) is 23.6 Å². The zero-order chi connectivity index (χ0) is 13.8. The van der Waals surface area contributed by atoms with Gasteiger partial charge in [0.25, 0.3) is 5.89 Å². The minimum Gasteiger partial charge on any atom is -0.493 e. The molecule has 0 bridgehead atoms. The first-order valence-corrected chi connectivity index (χ1v) is 5.76. The van der Waals surface area contributed by atoms with E-state index in [9.17, 15) is 4.79 Å². The van der Waals surface area contributed by atoms with Gasteiger partial charge in [0.15, 0.2) is 24.4 Å². The third kappa shape index (κ3) is 3.03. The zero-order valence-electron chi connectivity index (χ0n) is 10.3. The van der Waals surface area contributed by atoms with Crippen LogP contribution in [0.5, 0.6) is 11.5 Å². The van der Waals surface area contributed by atoms with Crippen molar-refractivity contribution in [1.29, 1.82) is 0 Å². The van der Waals surface area contributed by atoms with Crippen LogP contribution in [0.4, 0.5) is 0 Å². The van der Waals surface area contributed by atoms with E-state index in [2.05, 4.69) is 10.2 Å². The molecule has 1 aromatic heterocycles. The van der Waals surface area contributed by atoms with Gasteiger partial charge >= 0.3 is 0 Å². The van der Waals surface area contributed by atoms with Crippen molar-refractivity contribution in [3.63, 3.8) is 0 Å². The number of rotatable bonds is 5. The lowest BCUT2D eigenvalue weighted by atomic mass is 10.2. The average molecular weight is 283 g/mol. The van der Waals surface area contributed by atoms with E-state index in [0.717, 1.165) is 0 Å². The molecule has 0 amide bonds. The fraction of sp³-hybridized carbons (Fsp3) is 0.250. The molecule has 0 N–H and O–H groups in total. The van der Waals surface area contributed by atoms with Crippen LogP contribution >= 0.6 is 11.6 Å². The van der Waals surface area contributed by atoms with Gasteiger partial charge in [-0.3, -0.25) is 4.79 Å². The summed E-state index contributed by atoms with van der Waals surface area (Å²) < 4.78 is 15.8. The highest BCUT2D eigenvalue weighted by Crippen LogP contribution is 2.34. The fourth-order valence-corrected chi connectivity index (χ4v) is 1.73. The summed E-state index contributed by atoms with van der Waals surface area (Å²) >= 11 is 5.86. The summed E-state index contributed by atoms with van der Waals surface area (Å²) in [6.45, 7) is 1.72. The Morgan fingerprint density at radius 2 is 2.21 bits per heavy atom. The Morgan fingerprint density at radius 3 is 2.79 bits per heavy atom. The number of halogens is 1. The molecule has 2 aromatic rings. The Morgan fingerprint density at radius 1 is 1.42 bits per heavy atom. The minimum absolute atomic E-state index is 0.0413. The minimum atomic E-state index is 0.0413. The molecule has 0 aliphatic heterocycles. The van der Waals surface area contributed by atoms with Crippen molar-refractivity contribution >= 4 is 17.9 Å². The van der Waals surface area contributed by atoms with Crippen molar-refractivity contribution in [1.82, 2.24) is 10.2 Å². The number of aldehydes is 1. The predicted octanol–water partition coefficient (Wildman–Crippen LogP) is 2.43. The number of ether oxygens (including phenoxy) is 2. The van der Waals surface area contributed by atoms with Crippen molar-refractivity contribution in [2.24, 2.45) is 0 Å².